The van der Waals surface area contributed by atoms with E-state index in [1.165, 1.54) is 12.8 Å². The third kappa shape index (κ3) is 1.50. The second-order valence-electron chi connectivity index (χ2n) is 3.96. The number of ether oxygens (including phenoxy) is 1. The first-order chi connectivity index (χ1) is 6.77. The van der Waals surface area contributed by atoms with Crippen LogP contribution in [0.25, 0.3) is 0 Å². The molecule has 0 atom stereocenters. The van der Waals surface area contributed by atoms with E-state index in [0.717, 1.165) is 18.4 Å². The molecule has 1 saturated carbocycles. The number of aromatic hydroxyl groups is 1. The molecule has 0 heterocycles. The molecule has 1 fully saturated rings. The summed E-state index contributed by atoms with van der Waals surface area (Å²) in [6.45, 7) is 0. The van der Waals surface area contributed by atoms with Gasteiger partial charge in [-0.3, -0.25) is 0 Å². The molecule has 0 amide bonds. The average Bonchev–Trinajstić information content (AvgIpc) is 2.67. The predicted molar refractivity (Wildman–Crippen MR) is 55.3 cm³/mol. The van der Waals surface area contributed by atoms with Crippen LogP contribution in [0, 0.1) is 0 Å². The van der Waals surface area contributed by atoms with Crippen molar-refractivity contribution in [1.29, 1.82) is 0 Å². The molecule has 1 aliphatic carbocycles. The molecule has 0 unspecified atom stereocenters. The second-order valence-corrected chi connectivity index (χ2v) is 3.96. The minimum atomic E-state index is -0.140. The Morgan fingerprint density at radius 1 is 1.29 bits per heavy atom. The zero-order valence-electron chi connectivity index (χ0n) is 8.49. The molecule has 76 valence electrons. The van der Waals surface area contributed by atoms with Crippen molar-refractivity contribution < 1.29 is 9.84 Å². The Balaban J connectivity index is 2.35. The van der Waals surface area contributed by atoms with Crippen molar-refractivity contribution in [2.24, 2.45) is 0 Å². The molecule has 14 heavy (non-hydrogen) atoms. The van der Waals surface area contributed by atoms with E-state index in [-0.39, 0.29) is 5.60 Å². The normalized spacial score (nSPS) is 19.8. The van der Waals surface area contributed by atoms with Crippen molar-refractivity contribution in [3.05, 3.63) is 29.8 Å². The molecule has 2 heteroatoms. The van der Waals surface area contributed by atoms with Crippen molar-refractivity contribution in [2.45, 2.75) is 31.3 Å². The van der Waals surface area contributed by atoms with E-state index >= 15 is 0 Å². The number of hydrogen-bond acceptors (Lipinski definition) is 2. The van der Waals surface area contributed by atoms with E-state index in [2.05, 4.69) is 0 Å². The number of methoxy groups -OCH3 is 1. The quantitative estimate of drug-likeness (QED) is 0.780. The molecule has 1 aromatic carbocycles. The minimum Gasteiger partial charge on any atom is -0.508 e. The van der Waals surface area contributed by atoms with Crippen LogP contribution in [0.3, 0.4) is 0 Å². The molecular formula is C12H16O2. The summed E-state index contributed by atoms with van der Waals surface area (Å²) in [6.07, 6.45) is 4.55. The van der Waals surface area contributed by atoms with Gasteiger partial charge in [-0.05, 0) is 30.5 Å². The first-order valence-corrected chi connectivity index (χ1v) is 5.11. The van der Waals surface area contributed by atoms with Crippen molar-refractivity contribution in [3.8, 4) is 5.75 Å². The number of rotatable bonds is 2. The zero-order valence-corrected chi connectivity index (χ0v) is 8.49. The summed E-state index contributed by atoms with van der Waals surface area (Å²) in [5.41, 5.74) is 0.969. The molecule has 1 aromatic rings. The Kier molecular flexibility index (Phi) is 2.46. The van der Waals surface area contributed by atoms with Crippen molar-refractivity contribution >= 4 is 0 Å². The first-order valence-electron chi connectivity index (χ1n) is 5.11. The maximum Gasteiger partial charge on any atom is 0.115 e. The summed E-state index contributed by atoms with van der Waals surface area (Å²) in [5, 5.41) is 9.43. The van der Waals surface area contributed by atoms with E-state index < -0.39 is 0 Å². The van der Waals surface area contributed by atoms with Crippen LogP contribution in [0.1, 0.15) is 31.2 Å². The summed E-state index contributed by atoms with van der Waals surface area (Å²) in [6, 6.07) is 7.43. The van der Waals surface area contributed by atoms with Gasteiger partial charge in [0.15, 0.2) is 0 Å². The van der Waals surface area contributed by atoms with Crippen molar-refractivity contribution in [1.82, 2.24) is 0 Å². The van der Waals surface area contributed by atoms with Gasteiger partial charge in [0.2, 0.25) is 0 Å². The summed E-state index contributed by atoms with van der Waals surface area (Å²) in [5.74, 6) is 0.325. The fourth-order valence-electron chi connectivity index (χ4n) is 2.35. The van der Waals surface area contributed by atoms with Crippen LogP contribution in [0.15, 0.2) is 24.3 Å². The maximum atomic E-state index is 9.43. The highest BCUT2D eigenvalue weighted by Gasteiger charge is 2.35. The second kappa shape index (κ2) is 3.62. The first kappa shape index (κ1) is 9.53. The highest BCUT2D eigenvalue weighted by molar-refractivity contribution is 5.32. The zero-order chi connectivity index (χ0) is 10.0. The van der Waals surface area contributed by atoms with Crippen LogP contribution in [-0.2, 0) is 10.3 Å². The molecular weight excluding hydrogens is 176 g/mol. The van der Waals surface area contributed by atoms with Gasteiger partial charge in [0.05, 0.1) is 5.60 Å². The van der Waals surface area contributed by atoms with Crippen LogP contribution in [0.5, 0.6) is 5.75 Å². The van der Waals surface area contributed by atoms with Crippen LogP contribution in [0.2, 0.25) is 0 Å². The molecule has 0 radical (unpaired) electrons. The highest BCUT2D eigenvalue weighted by Crippen LogP contribution is 2.42. The van der Waals surface area contributed by atoms with Gasteiger partial charge in [0.1, 0.15) is 5.75 Å². The molecule has 2 rings (SSSR count). The third-order valence-corrected chi connectivity index (χ3v) is 3.17. The largest absolute Gasteiger partial charge is 0.508 e. The lowest BCUT2D eigenvalue weighted by Crippen LogP contribution is -2.24. The van der Waals surface area contributed by atoms with Gasteiger partial charge in [0.25, 0.3) is 0 Å². The monoisotopic (exact) mass is 192 g/mol. The summed E-state index contributed by atoms with van der Waals surface area (Å²) < 4.78 is 5.63. The smallest absolute Gasteiger partial charge is 0.115 e. The number of benzene rings is 1. The van der Waals surface area contributed by atoms with Gasteiger partial charge in [-0.1, -0.05) is 25.0 Å². The fourth-order valence-corrected chi connectivity index (χ4v) is 2.35. The van der Waals surface area contributed by atoms with Crippen molar-refractivity contribution in [3.63, 3.8) is 0 Å². The average molecular weight is 192 g/mol. The topological polar surface area (TPSA) is 29.5 Å². The lowest BCUT2D eigenvalue weighted by molar-refractivity contribution is -0.00884. The molecule has 2 nitrogen and oxygen atoms in total. The van der Waals surface area contributed by atoms with Crippen molar-refractivity contribution in [2.75, 3.05) is 7.11 Å². The number of hydrogen-bond donors (Lipinski definition) is 1. The number of phenols is 1. The lowest BCUT2D eigenvalue weighted by atomic mass is 9.92. The summed E-state index contributed by atoms with van der Waals surface area (Å²) in [7, 11) is 1.76. The van der Waals surface area contributed by atoms with Gasteiger partial charge in [0, 0.05) is 7.11 Å². The van der Waals surface area contributed by atoms with E-state index in [0.29, 0.717) is 5.75 Å². The maximum absolute atomic E-state index is 9.43. The predicted octanol–water partition coefficient (Wildman–Crippen LogP) is 2.81. The van der Waals surface area contributed by atoms with Gasteiger partial charge in [-0.2, -0.15) is 0 Å². The van der Waals surface area contributed by atoms with E-state index in [1.54, 1.807) is 13.2 Å². The third-order valence-electron chi connectivity index (χ3n) is 3.17. The summed E-state index contributed by atoms with van der Waals surface area (Å²) in [4.78, 5) is 0. The van der Waals surface area contributed by atoms with Crippen LogP contribution >= 0.6 is 0 Å². The van der Waals surface area contributed by atoms with Crippen LogP contribution in [-0.4, -0.2) is 12.2 Å². The Morgan fingerprint density at radius 3 is 2.57 bits per heavy atom. The number of phenolic OH excluding ortho intramolecular Hbond substituents is 1. The van der Waals surface area contributed by atoms with Gasteiger partial charge in [-0.15, -0.1) is 0 Å². The SMILES string of the molecule is COC1(c2cccc(O)c2)CCCC1. The molecule has 0 saturated heterocycles. The van der Waals surface area contributed by atoms with Crippen LogP contribution < -0.4 is 0 Å². The molecule has 1 N–H and O–H groups in total. The van der Waals surface area contributed by atoms with E-state index in [4.69, 9.17) is 4.74 Å². The van der Waals surface area contributed by atoms with Gasteiger partial charge >= 0.3 is 0 Å². The molecule has 1 aliphatic rings. The minimum absolute atomic E-state index is 0.140. The van der Waals surface area contributed by atoms with E-state index in [9.17, 15) is 5.11 Å². The van der Waals surface area contributed by atoms with Crippen LogP contribution in [0.4, 0.5) is 0 Å². The molecule has 0 spiro atoms. The lowest BCUT2D eigenvalue weighted by Gasteiger charge is -2.28. The Labute approximate surface area is 84.5 Å². The fraction of sp³-hybridized carbons (Fsp3) is 0.500. The van der Waals surface area contributed by atoms with Gasteiger partial charge < -0.3 is 9.84 Å². The summed E-state index contributed by atoms with van der Waals surface area (Å²) >= 11 is 0. The van der Waals surface area contributed by atoms with Gasteiger partial charge in [-0.25, -0.2) is 0 Å². The molecule has 0 aromatic heterocycles. The Morgan fingerprint density at radius 2 is 2.00 bits per heavy atom. The Bertz CT molecular complexity index is 314. The van der Waals surface area contributed by atoms with E-state index in [1.807, 2.05) is 18.2 Å². The highest BCUT2D eigenvalue weighted by atomic mass is 16.5. The Hall–Kier alpha value is -1.02. The molecule has 0 bridgehead atoms. The molecule has 0 aliphatic heterocycles. The standard InChI is InChI=1S/C12H16O2/c1-14-12(7-2-3-8-12)10-5-4-6-11(13)9-10/h4-6,9,13H,2-3,7-8H2,1H3.